The summed E-state index contributed by atoms with van der Waals surface area (Å²) in [7, 11) is -2.21. The standard InChI is InChI=1S/C17H21N5O3S/c1-5-21-11-15(12(2)18-21)26(24,25)19-16-13(3)20(4)22(17(16)23)14-9-7-6-8-10-14/h6-11,19H,5H2,1-4H3. The summed E-state index contributed by atoms with van der Waals surface area (Å²) in [6, 6.07) is 9.05. The molecular formula is C17H21N5O3S. The van der Waals surface area contributed by atoms with Gasteiger partial charge in [-0.1, -0.05) is 18.2 Å². The summed E-state index contributed by atoms with van der Waals surface area (Å²) in [5.41, 5.74) is 1.16. The van der Waals surface area contributed by atoms with E-state index in [4.69, 9.17) is 0 Å². The lowest BCUT2D eigenvalue weighted by molar-refractivity contribution is 0.600. The van der Waals surface area contributed by atoms with Crippen LogP contribution in [0.5, 0.6) is 0 Å². The largest absolute Gasteiger partial charge is 0.296 e. The minimum Gasteiger partial charge on any atom is -0.283 e. The smallest absolute Gasteiger partial charge is 0.283 e. The number of nitrogens with one attached hydrogen (secondary N) is 1. The van der Waals surface area contributed by atoms with Crippen LogP contribution in [0.1, 0.15) is 18.3 Å². The molecule has 0 amide bonds. The Morgan fingerprint density at radius 2 is 1.81 bits per heavy atom. The van der Waals surface area contributed by atoms with E-state index in [0.717, 1.165) is 0 Å². The summed E-state index contributed by atoms with van der Waals surface area (Å²) < 4.78 is 32.6. The minimum atomic E-state index is -3.92. The van der Waals surface area contributed by atoms with E-state index in [9.17, 15) is 13.2 Å². The van der Waals surface area contributed by atoms with E-state index < -0.39 is 15.6 Å². The molecule has 0 fully saturated rings. The van der Waals surface area contributed by atoms with Crippen LogP contribution >= 0.6 is 0 Å². The molecule has 1 N–H and O–H groups in total. The molecule has 2 heterocycles. The fraction of sp³-hybridized carbons (Fsp3) is 0.294. The van der Waals surface area contributed by atoms with E-state index in [2.05, 4.69) is 9.82 Å². The Kier molecular flexibility index (Phi) is 4.49. The zero-order valence-corrected chi connectivity index (χ0v) is 15.9. The molecule has 0 spiro atoms. The Labute approximate surface area is 151 Å². The second-order valence-corrected chi connectivity index (χ2v) is 7.63. The number of nitrogens with zero attached hydrogens (tertiary/aromatic N) is 4. The van der Waals surface area contributed by atoms with Crippen molar-refractivity contribution in [3.63, 3.8) is 0 Å². The fourth-order valence-corrected chi connectivity index (χ4v) is 4.10. The van der Waals surface area contributed by atoms with Crippen molar-refractivity contribution in [3.05, 3.63) is 58.3 Å². The quantitative estimate of drug-likeness (QED) is 0.736. The van der Waals surface area contributed by atoms with Crippen LogP contribution in [0, 0.1) is 13.8 Å². The Balaban J connectivity index is 2.08. The first-order valence-electron chi connectivity index (χ1n) is 8.17. The van der Waals surface area contributed by atoms with Crippen molar-refractivity contribution in [1.29, 1.82) is 0 Å². The maximum Gasteiger partial charge on any atom is 0.296 e. The average Bonchev–Trinajstić information content (AvgIpc) is 3.10. The van der Waals surface area contributed by atoms with E-state index in [1.165, 1.54) is 10.9 Å². The first-order valence-corrected chi connectivity index (χ1v) is 9.65. The molecule has 2 aromatic heterocycles. The molecule has 0 saturated heterocycles. The van der Waals surface area contributed by atoms with Gasteiger partial charge in [0.15, 0.2) is 0 Å². The first kappa shape index (κ1) is 18.0. The number of aryl methyl sites for hydroxylation is 2. The van der Waals surface area contributed by atoms with Gasteiger partial charge in [-0.25, -0.2) is 13.1 Å². The highest BCUT2D eigenvalue weighted by atomic mass is 32.2. The molecule has 0 aliphatic heterocycles. The summed E-state index contributed by atoms with van der Waals surface area (Å²) in [4.78, 5) is 12.9. The van der Waals surface area contributed by atoms with Crippen molar-refractivity contribution in [1.82, 2.24) is 19.1 Å². The van der Waals surface area contributed by atoms with E-state index in [1.54, 1.807) is 42.4 Å². The van der Waals surface area contributed by atoms with Crippen molar-refractivity contribution in [2.24, 2.45) is 7.05 Å². The molecule has 9 heteroatoms. The highest BCUT2D eigenvalue weighted by molar-refractivity contribution is 7.92. The Morgan fingerprint density at radius 1 is 1.15 bits per heavy atom. The van der Waals surface area contributed by atoms with Crippen molar-refractivity contribution in [2.75, 3.05) is 4.72 Å². The van der Waals surface area contributed by atoms with Gasteiger partial charge in [-0.15, -0.1) is 0 Å². The normalized spacial score (nSPS) is 11.7. The number of benzene rings is 1. The van der Waals surface area contributed by atoms with Crippen LogP contribution < -0.4 is 10.3 Å². The van der Waals surface area contributed by atoms with Crippen molar-refractivity contribution < 1.29 is 8.42 Å². The molecule has 0 radical (unpaired) electrons. The number of hydrogen-bond donors (Lipinski definition) is 1. The molecule has 138 valence electrons. The van der Waals surface area contributed by atoms with Gasteiger partial charge in [0.1, 0.15) is 10.6 Å². The molecule has 0 atom stereocenters. The molecule has 0 aliphatic carbocycles. The molecule has 0 unspecified atom stereocenters. The third kappa shape index (κ3) is 2.94. The van der Waals surface area contributed by atoms with Crippen LogP contribution in [0.2, 0.25) is 0 Å². The number of rotatable bonds is 5. The molecule has 8 nitrogen and oxygen atoms in total. The summed E-state index contributed by atoms with van der Waals surface area (Å²) >= 11 is 0. The SMILES string of the molecule is CCn1cc(S(=O)(=O)Nc2c(C)n(C)n(-c3ccccc3)c2=O)c(C)n1. The lowest BCUT2D eigenvalue weighted by Crippen LogP contribution is -2.23. The summed E-state index contributed by atoms with van der Waals surface area (Å²) in [5, 5.41) is 4.16. The zero-order valence-electron chi connectivity index (χ0n) is 15.1. The maximum atomic E-state index is 12.9. The molecule has 3 aromatic rings. The van der Waals surface area contributed by atoms with Crippen LogP contribution in [-0.4, -0.2) is 27.6 Å². The average molecular weight is 375 g/mol. The van der Waals surface area contributed by atoms with Crippen LogP contribution in [0.3, 0.4) is 0 Å². The monoisotopic (exact) mass is 375 g/mol. The third-order valence-electron chi connectivity index (χ3n) is 4.31. The van der Waals surface area contributed by atoms with Gasteiger partial charge in [0, 0.05) is 19.8 Å². The lowest BCUT2D eigenvalue weighted by Gasteiger charge is -2.07. The highest BCUT2D eigenvalue weighted by Crippen LogP contribution is 2.20. The predicted molar refractivity (Wildman–Crippen MR) is 99.2 cm³/mol. The van der Waals surface area contributed by atoms with E-state index in [0.29, 0.717) is 23.6 Å². The highest BCUT2D eigenvalue weighted by Gasteiger charge is 2.25. The van der Waals surface area contributed by atoms with Gasteiger partial charge in [-0.3, -0.25) is 18.9 Å². The van der Waals surface area contributed by atoms with Gasteiger partial charge < -0.3 is 0 Å². The van der Waals surface area contributed by atoms with E-state index in [1.807, 2.05) is 25.1 Å². The van der Waals surface area contributed by atoms with Gasteiger partial charge in [0.25, 0.3) is 15.6 Å². The van der Waals surface area contributed by atoms with E-state index >= 15 is 0 Å². The second-order valence-electron chi connectivity index (χ2n) is 5.98. The van der Waals surface area contributed by atoms with Gasteiger partial charge in [-0.2, -0.15) is 5.10 Å². The van der Waals surface area contributed by atoms with E-state index in [-0.39, 0.29) is 10.6 Å². The van der Waals surface area contributed by atoms with Crippen molar-refractivity contribution in [3.8, 4) is 5.69 Å². The van der Waals surface area contributed by atoms with Gasteiger partial charge in [0.05, 0.1) is 17.1 Å². The summed E-state index contributed by atoms with van der Waals surface area (Å²) in [6.45, 7) is 5.75. The molecule has 26 heavy (non-hydrogen) atoms. The maximum absolute atomic E-state index is 12.9. The number of para-hydroxylation sites is 1. The first-order chi connectivity index (χ1) is 12.3. The number of anilines is 1. The third-order valence-corrected chi connectivity index (χ3v) is 5.76. The predicted octanol–water partition coefficient (Wildman–Crippen LogP) is 1.81. The molecule has 0 bridgehead atoms. The lowest BCUT2D eigenvalue weighted by atomic mass is 10.3. The second kappa shape index (κ2) is 6.49. The Hall–Kier alpha value is -2.81. The van der Waals surface area contributed by atoms with Gasteiger partial charge in [0.2, 0.25) is 0 Å². The Bertz CT molecular complexity index is 1110. The molecular weight excluding hydrogens is 354 g/mol. The van der Waals surface area contributed by atoms with Crippen LogP contribution in [0.25, 0.3) is 5.69 Å². The molecule has 0 aliphatic rings. The van der Waals surface area contributed by atoms with Crippen molar-refractivity contribution in [2.45, 2.75) is 32.2 Å². The number of hydrogen-bond acceptors (Lipinski definition) is 4. The molecule has 1 aromatic carbocycles. The topological polar surface area (TPSA) is 90.9 Å². The minimum absolute atomic E-state index is 0.0278. The Morgan fingerprint density at radius 3 is 2.38 bits per heavy atom. The van der Waals surface area contributed by atoms with Crippen molar-refractivity contribution >= 4 is 15.7 Å². The molecule has 0 saturated carbocycles. The number of sulfonamides is 1. The van der Waals surface area contributed by atoms with Crippen LogP contribution in [0.4, 0.5) is 5.69 Å². The van der Waals surface area contributed by atoms with Gasteiger partial charge >= 0.3 is 0 Å². The summed E-state index contributed by atoms with van der Waals surface area (Å²) in [5.74, 6) is 0. The fourth-order valence-electron chi connectivity index (χ4n) is 2.80. The van der Waals surface area contributed by atoms with Gasteiger partial charge in [-0.05, 0) is 32.9 Å². The van der Waals surface area contributed by atoms with Crippen LogP contribution in [0.15, 0.2) is 46.2 Å². The van der Waals surface area contributed by atoms with Crippen LogP contribution in [-0.2, 0) is 23.6 Å². The number of aromatic nitrogens is 4. The zero-order chi connectivity index (χ0) is 19.1. The summed E-state index contributed by atoms with van der Waals surface area (Å²) in [6.07, 6.45) is 1.46. The molecule has 3 rings (SSSR count).